The van der Waals surface area contributed by atoms with Gasteiger partial charge in [0.1, 0.15) is 5.75 Å². The van der Waals surface area contributed by atoms with Gasteiger partial charge in [-0.25, -0.2) is 9.79 Å². The van der Waals surface area contributed by atoms with Crippen LogP contribution in [0, 0.1) is 10.1 Å². The summed E-state index contributed by atoms with van der Waals surface area (Å²) in [6, 6.07) is 12.3. The maximum Gasteiger partial charge on any atom is 0.338 e. The number of carbonyl (C=O) groups is 1. The molecule has 174 valence electrons. The van der Waals surface area contributed by atoms with Crippen LogP contribution in [-0.2, 0) is 9.53 Å². The third-order valence-corrected chi connectivity index (χ3v) is 6.33. The first kappa shape index (κ1) is 23.1. The van der Waals surface area contributed by atoms with E-state index in [4.69, 9.17) is 9.47 Å². The van der Waals surface area contributed by atoms with E-state index >= 15 is 0 Å². The van der Waals surface area contributed by atoms with Crippen molar-refractivity contribution in [2.24, 2.45) is 4.99 Å². The van der Waals surface area contributed by atoms with Crippen LogP contribution < -0.4 is 19.6 Å². The maximum atomic E-state index is 13.5. The van der Waals surface area contributed by atoms with E-state index in [-0.39, 0.29) is 17.9 Å². The average Bonchev–Trinajstić information content (AvgIpc) is 3.13. The lowest BCUT2D eigenvalue weighted by molar-refractivity contribution is -0.384. The van der Waals surface area contributed by atoms with E-state index in [0.29, 0.717) is 37.5 Å². The number of carbonyl (C=O) groups excluding carboxylic acids is 1. The van der Waals surface area contributed by atoms with Crippen LogP contribution in [0.15, 0.2) is 69.6 Å². The fourth-order valence-corrected chi connectivity index (χ4v) is 4.78. The van der Waals surface area contributed by atoms with E-state index in [2.05, 4.69) is 4.99 Å². The molecule has 3 aromatic rings. The lowest BCUT2D eigenvalue weighted by Gasteiger charge is -2.24. The second-order valence-electron chi connectivity index (χ2n) is 7.42. The summed E-state index contributed by atoms with van der Waals surface area (Å²) in [5.41, 5.74) is 1.76. The molecule has 0 N–H and O–H groups in total. The smallest absolute Gasteiger partial charge is 0.338 e. The van der Waals surface area contributed by atoms with Crippen molar-refractivity contribution in [3.63, 3.8) is 0 Å². The number of benzene rings is 2. The van der Waals surface area contributed by atoms with Crippen molar-refractivity contribution in [1.82, 2.24) is 4.57 Å². The summed E-state index contributed by atoms with van der Waals surface area (Å²) in [7, 11) is 1.56. The molecular formula is C24H21N3O6S. The first-order chi connectivity index (χ1) is 16.3. The topological polar surface area (TPSA) is 113 Å². The zero-order valence-corrected chi connectivity index (χ0v) is 19.5. The predicted molar refractivity (Wildman–Crippen MR) is 126 cm³/mol. The zero-order valence-electron chi connectivity index (χ0n) is 18.7. The van der Waals surface area contributed by atoms with Gasteiger partial charge in [0.25, 0.3) is 11.2 Å². The first-order valence-electron chi connectivity index (χ1n) is 10.4. The quantitative estimate of drug-likeness (QED) is 0.305. The number of aromatic nitrogens is 1. The Morgan fingerprint density at radius 3 is 2.47 bits per heavy atom. The third kappa shape index (κ3) is 4.27. The number of fused-ring (bicyclic) bond motifs is 1. The molecule has 2 heterocycles. The molecule has 9 nitrogen and oxygen atoms in total. The van der Waals surface area contributed by atoms with Crippen molar-refractivity contribution >= 4 is 29.1 Å². The average molecular weight is 480 g/mol. The Hall–Kier alpha value is -4.05. The van der Waals surface area contributed by atoms with Crippen LogP contribution in [0.5, 0.6) is 5.75 Å². The Kier molecular flexibility index (Phi) is 6.42. The fraction of sp³-hybridized carbons (Fsp3) is 0.208. The van der Waals surface area contributed by atoms with Gasteiger partial charge in [-0.3, -0.25) is 19.5 Å². The number of esters is 1. The SMILES string of the molecule is CCOC(=O)C1=C(C)N=c2s/c(=C/c3ccc([N+](=O)[O-])cc3)c(=O)n2C1c1ccc(OC)cc1. The van der Waals surface area contributed by atoms with Crippen molar-refractivity contribution in [3.8, 4) is 5.75 Å². The molecule has 0 spiro atoms. The van der Waals surface area contributed by atoms with E-state index < -0.39 is 16.9 Å². The number of nitro groups is 1. The number of hydrogen-bond acceptors (Lipinski definition) is 8. The number of non-ortho nitro benzene ring substituents is 1. The Morgan fingerprint density at radius 1 is 1.21 bits per heavy atom. The summed E-state index contributed by atoms with van der Waals surface area (Å²) >= 11 is 1.19. The van der Waals surface area contributed by atoms with Gasteiger partial charge in [0.15, 0.2) is 4.80 Å². The summed E-state index contributed by atoms with van der Waals surface area (Å²) in [5.74, 6) is 0.113. The molecule has 0 aliphatic carbocycles. The van der Waals surface area contributed by atoms with E-state index in [1.807, 2.05) is 0 Å². The van der Waals surface area contributed by atoms with Gasteiger partial charge in [-0.05, 0) is 55.3 Å². The number of ether oxygens (including phenoxy) is 2. The molecule has 0 saturated heterocycles. The highest BCUT2D eigenvalue weighted by Gasteiger charge is 2.33. The van der Waals surface area contributed by atoms with Crippen LogP contribution >= 0.6 is 11.3 Å². The minimum Gasteiger partial charge on any atom is -0.497 e. The van der Waals surface area contributed by atoms with Crippen LogP contribution in [0.25, 0.3) is 6.08 Å². The largest absolute Gasteiger partial charge is 0.497 e. The molecule has 4 rings (SSSR count). The minimum absolute atomic E-state index is 0.0344. The molecule has 1 aliphatic heterocycles. The Morgan fingerprint density at radius 2 is 1.88 bits per heavy atom. The molecule has 1 aromatic heterocycles. The highest BCUT2D eigenvalue weighted by molar-refractivity contribution is 7.07. The van der Waals surface area contributed by atoms with E-state index in [1.54, 1.807) is 63.4 Å². The molecule has 1 aliphatic rings. The van der Waals surface area contributed by atoms with Gasteiger partial charge in [0.05, 0.1) is 40.5 Å². The van der Waals surface area contributed by atoms with Crippen molar-refractivity contribution in [1.29, 1.82) is 0 Å². The molecule has 2 aromatic carbocycles. The molecular weight excluding hydrogens is 458 g/mol. The van der Waals surface area contributed by atoms with Crippen LogP contribution in [0.2, 0.25) is 0 Å². The minimum atomic E-state index is -0.722. The Bertz CT molecular complexity index is 1470. The molecule has 1 unspecified atom stereocenters. The second kappa shape index (κ2) is 9.44. The van der Waals surface area contributed by atoms with Gasteiger partial charge in [0, 0.05) is 12.1 Å². The summed E-state index contributed by atoms with van der Waals surface area (Å²) in [6.07, 6.45) is 1.65. The van der Waals surface area contributed by atoms with Crippen molar-refractivity contribution in [2.45, 2.75) is 19.9 Å². The van der Waals surface area contributed by atoms with Crippen LogP contribution in [0.4, 0.5) is 5.69 Å². The molecule has 34 heavy (non-hydrogen) atoms. The van der Waals surface area contributed by atoms with Gasteiger partial charge < -0.3 is 9.47 Å². The van der Waals surface area contributed by atoms with Crippen LogP contribution in [-0.4, -0.2) is 29.2 Å². The maximum absolute atomic E-state index is 13.5. The Balaban J connectivity index is 1.90. The summed E-state index contributed by atoms with van der Waals surface area (Å²) in [4.78, 5) is 41.8. The normalized spacial score (nSPS) is 15.5. The molecule has 0 fully saturated rings. The molecule has 0 amide bonds. The van der Waals surface area contributed by atoms with Crippen molar-refractivity contribution in [3.05, 3.63) is 101 Å². The van der Waals surface area contributed by atoms with Gasteiger partial charge in [0.2, 0.25) is 0 Å². The number of nitrogens with zero attached hydrogens (tertiary/aromatic N) is 3. The highest BCUT2D eigenvalue weighted by Crippen LogP contribution is 2.31. The van der Waals surface area contributed by atoms with Crippen molar-refractivity contribution in [2.75, 3.05) is 13.7 Å². The van der Waals surface area contributed by atoms with E-state index in [1.165, 1.54) is 28.0 Å². The van der Waals surface area contributed by atoms with Crippen LogP contribution in [0.3, 0.4) is 0 Å². The molecule has 0 radical (unpaired) electrons. The number of hydrogen-bond donors (Lipinski definition) is 0. The monoisotopic (exact) mass is 479 g/mol. The predicted octanol–water partition coefficient (Wildman–Crippen LogP) is 2.72. The second-order valence-corrected chi connectivity index (χ2v) is 8.43. The molecule has 1 atom stereocenters. The number of nitro benzene ring substituents is 1. The summed E-state index contributed by atoms with van der Waals surface area (Å²) in [6.45, 7) is 3.63. The van der Waals surface area contributed by atoms with Crippen LogP contribution in [0.1, 0.15) is 31.0 Å². The summed E-state index contributed by atoms with van der Waals surface area (Å²) in [5, 5.41) is 10.9. The lowest BCUT2D eigenvalue weighted by atomic mass is 9.96. The van der Waals surface area contributed by atoms with E-state index in [0.717, 1.165) is 0 Å². The van der Waals surface area contributed by atoms with Gasteiger partial charge in [-0.2, -0.15) is 0 Å². The molecule has 10 heteroatoms. The number of rotatable bonds is 6. The fourth-order valence-electron chi connectivity index (χ4n) is 3.74. The van der Waals surface area contributed by atoms with Gasteiger partial charge >= 0.3 is 5.97 Å². The number of methoxy groups -OCH3 is 1. The zero-order chi connectivity index (χ0) is 24.4. The lowest BCUT2D eigenvalue weighted by Crippen LogP contribution is -2.39. The standard InChI is InChI=1S/C24H21N3O6S/c1-4-33-23(29)20-14(2)25-24-26(21(20)16-7-11-18(32-3)12-8-16)22(28)19(34-24)13-15-5-9-17(10-6-15)27(30)31/h5-13,21H,4H2,1-3H3/b19-13+. The molecule has 0 bridgehead atoms. The Labute approximate surface area is 198 Å². The third-order valence-electron chi connectivity index (χ3n) is 5.35. The van der Waals surface area contributed by atoms with Crippen molar-refractivity contribution < 1.29 is 19.2 Å². The number of allylic oxidation sites excluding steroid dienone is 1. The summed E-state index contributed by atoms with van der Waals surface area (Å²) < 4.78 is 12.4. The van der Waals surface area contributed by atoms with Gasteiger partial charge in [-0.1, -0.05) is 23.5 Å². The van der Waals surface area contributed by atoms with E-state index in [9.17, 15) is 19.7 Å². The number of thiazole rings is 1. The van der Waals surface area contributed by atoms with Gasteiger partial charge in [-0.15, -0.1) is 0 Å². The highest BCUT2D eigenvalue weighted by atomic mass is 32.1. The molecule has 0 saturated carbocycles. The first-order valence-corrected chi connectivity index (χ1v) is 11.2.